The third-order valence-electron chi connectivity index (χ3n) is 2.79. The van der Waals surface area contributed by atoms with Gasteiger partial charge in [-0.25, -0.2) is 9.18 Å². The Morgan fingerprint density at radius 3 is 2.78 bits per heavy atom. The highest BCUT2D eigenvalue weighted by molar-refractivity contribution is 5.89. The summed E-state index contributed by atoms with van der Waals surface area (Å²) >= 11 is 0. The minimum atomic E-state index is -0.738. The number of carbonyl (C=O) groups is 1. The minimum absolute atomic E-state index is 0.0942. The van der Waals surface area contributed by atoms with E-state index < -0.39 is 23.7 Å². The first-order chi connectivity index (χ1) is 8.44. The van der Waals surface area contributed by atoms with Gasteiger partial charge < -0.3 is 14.2 Å². The molecule has 1 fully saturated rings. The van der Waals surface area contributed by atoms with E-state index >= 15 is 0 Å². The fraction of sp³-hybridized carbons (Fsp3) is 0.462. The summed E-state index contributed by atoms with van der Waals surface area (Å²) in [5.41, 5.74) is 0.215. The van der Waals surface area contributed by atoms with Crippen LogP contribution in [0.3, 0.4) is 0 Å². The molecule has 18 heavy (non-hydrogen) atoms. The van der Waals surface area contributed by atoms with E-state index in [1.165, 1.54) is 13.2 Å². The normalized spacial score (nSPS) is 21.9. The maximum Gasteiger partial charge on any atom is 0.340 e. The number of hydrogen-bond acceptors (Lipinski definition) is 4. The van der Waals surface area contributed by atoms with E-state index in [-0.39, 0.29) is 12.2 Å². The van der Waals surface area contributed by atoms with Crippen LogP contribution in [-0.4, -0.2) is 25.5 Å². The zero-order chi connectivity index (χ0) is 13.3. The molecular formula is C13H15FO4. The van der Waals surface area contributed by atoms with Crippen LogP contribution >= 0.6 is 0 Å². The molecule has 1 unspecified atom stereocenters. The molecule has 1 heterocycles. The van der Waals surface area contributed by atoms with Gasteiger partial charge in [-0.1, -0.05) is 12.1 Å². The van der Waals surface area contributed by atoms with E-state index in [9.17, 15) is 9.18 Å². The predicted molar refractivity (Wildman–Crippen MR) is 61.6 cm³/mol. The van der Waals surface area contributed by atoms with Gasteiger partial charge in [0.15, 0.2) is 5.79 Å². The lowest BCUT2D eigenvalue weighted by atomic mass is 10.1. The van der Waals surface area contributed by atoms with Crippen molar-refractivity contribution >= 4 is 5.97 Å². The lowest BCUT2D eigenvalue weighted by Gasteiger charge is -2.17. The van der Waals surface area contributed by atoms with Gasteiger partial charge in [-0.3, -0.25) is 0 Å². The number of halogens is 1. The maximum atomic E-state index is 14.2. The molecule has 0 spiro atoms. The number of hydrogen-bond donors (Lipinski definition) is 0. The van der Waals surface area contributed by atoms with Crippen LogP contribution in [0.15, 0.2) is 18.2 Å². The second-order valence-electron chi connectivity index (χ2n) is 4.52. The highest BCUT2D eigenvalue weighted by atomic mass is 19.1. The van der Waals surface area contributed by atoms with Crippen molar-refractivity contribution in [3.8, 4) is 0 Å². The fourth-order valence-electron chi connectivity index (χ4n) is 1.91. The Balaban J connectivity index is 2.32. The van der Waals surface area contributed by atoms with E-state index in [0.717, 1.165) is 0 Å². The molecule has 0 amide bonds. The molecule has 5 heteroatoms. The molecule has 1 saturated heterocycles. The lowest BCUT2D eigenvalue weighted by Crippen LogP contribution is -2.20. The summed E-state index contributed by atoms with van der Waals surface area (Å²) in [6, 6.07) is 4.56. The average Bonchev–Trinajstić information content (AvgIpc) is 2.69. The molecule has 1 atom stereocenters. The van der Waals surface area contributed by atoms with Crippen molar-refractivity contribution in [1.29, 1.82) is 0 Å². The lowest BCUT2D eigenvalue weighted by molar-refractivity contribution is -0.139. The van der Waals surface area contributed by atoms with E-state index in [1.54, 1.807) is 26.0 Å². The number of rotatable bonds is 2. The Morgan fingerprint density at radius 1 is 1.50 bits per heavy atom. The Bertz CT molecular complexity index is 470. The van der Waals surface area contributed by atoms with Gasteiger partial charge in [0.05, 0.1) is 19.3 Å². The summed E-state index contributed by atoms with van der Waals surface area (Å²) in [7, 11) is 1.22. The van der Waals surface area contributed by atoms with E-state index in [1.807, 2.05) is 0 Å². The van der Waals surface area contributed by atoms with Crippen LogP contribution < -0.4 is 0 Å². The smallest absolute Gasteiger partial charge is 0.340 e. The molecule has 0 N–H and O–H groups in total. The Kier molecular flexibility index (Phi) is 3.36. The summed E-state index contributed by atoms with van der Waals surface area (Å²) in [4.78, 5) is 11.4. The largest absolute Gasteiger partial charge is 0.465 e. The molecule has 2 rings (SSSR count). The molecule has 1 aliphatic rings. The molecular weight excluding hydrogens is 239 g/mol. The van der Waals surface area contributed by atoms with E-state index in [4.69, 9.17) is 9.47 Å². The SMILES string of the molecule is COC(=O)c1cccc(C2COC(C)(C)O2)c1F. The molecule has 0 aliphatic carbocycles. The van der Waals surface area contributed by atoms with Crippen LogP contribution in [-0.2, 0) is 14.2 Å². The van der Waals surface area contributed by atoms with Crippen LogP contribution in [0.5, 0.6) is 0 Å². The molecule has 0 radical (unpaired) electrons. The first kappa shape index (κ1) is 13.0. The van der Waals surface area contributed by atoms with Crippen molar-refractivity contribution in [1.82, 2.24) is 0 Å². The van der Waals surface area contributed by atoms with Crippen LogP contribution in [0.2, 0.25) is 0 Å². The summed E-state index contributed by atoms with van der Waals surface area (Å²) in [6.45, 7) is 3.78. The maximum absolute atomic E-state index is 14.2. The van der Waals surface area contributed by atoms with Gasteiger partial charge in [-0.15, -0.1) is 0 Å². The average molecular weight is 254 g/mol. The van der Waals surface area contributed by atoms with Gasteiger partial charge in [0.2, 0.25) is 0 Å². The second kappa shape index (κ2) is 4.66. The number of carbonyl (C=O) groups excluding carboxylic acids is 1. The number of benzene rings is 1. The van der Waals surface area contributed by atoms with Crippen molar-refractivity contribution in [2.75, 3.05) is 13.7 Å². The van der Waals surface area contributed by atoms with Crippen molar-refractivity contribution in [3.05, 3.63) is 35.1 Å². The monoisotopic (exact) mass is 254 g/mol. The molecule has 1 aliphatic heterocycles. The zero-order valence-electron chi connectivity index (χ0n) is 10.5. The van der Waals surface area contributed by atoms with Gasteiger partial charge in [0.25, 0.3) is 0 Å². The molecule has 4 nitrogen and oxygen atoms in total. The van der Waals surface area contributed by atoms with Gasteiger partial charge in [-0.2, -0.15) is 0 Å². The molecule has 98 valence electrons. The Morgan fingerprint density at radius 2 is 2.22 bits per heavy atom. The minimum Gasteiger partial charge on any atom is -0.465 e. The van der Waals surface area contributed by atoms with Gasteiger partial charge in [-0.05, 0) is 19.9 Å². The second-order valence-corrected chi connectivity index (χ2v) is 4.52. The first-order valence-electron chi connectivity index (χ1n) is 5.63. The Hall–Kier alpha value is -1.46. The van der Waals surface area contributed by atoms with Crippen LogP contribution in [0.25, 0.3) is 0 Å². The quantitative estimate of drug-likeness (QED) is 0.760. The van der Waals surface area contributed by atoms with Crippen LogP contribution in [0.1, 0.15) is 35.9 Å². The highest BCUT2D eigenvalue weighted by Crippen LogP contribution is 2.34. The first-order valence-corrected chi connectivity index (χ1v) is 5.63. The predicted octanol–water partition coefficient (Wildman–Crippen LogP) is 2.44. The fourth-order valence-corrected chi connectivity index (χ4v) is 1.91. The topological polar surface area (TPSA) is 44.8 Å². The van der Waals surface area contributed by atoms with Crippen molar-refractivity contribution in [2.24, 2.45) is 0 Å². The van der Waals surface area contributed by atoms with Crippen LogP contribution in [0.4, 0.5) is 4.39 Å². The number of methoxy groups -OCH3 is 1. The highest BCUT2D eigenvalue weighted by Gasteiger charge is 2.35. The third-order valence-corrected chi connectivity index (χ3v) is 2.79. The van der Waals surface area contributed by atoms with Gasteiger partial charge >= 0.3 is 5.97 Å². The summed E-state index contributed by atoms with van der Waals surface area (Å²) < 4.78 is 29.7. The number of ether oxygens (including phenoxy) is 3. The van der Waals surface area contributed by atoms with Crippen molar-refractivity contribution in [3.63, 3.8) is 0 Å². The third kappa shape index (κ3) is 2.37. The van der Waals surface area contributed by atoms with E-state index in [0.29, 0.717) is 5.56 Å². The summed E-state index contributed by atoms with van der Waals surface area (Å²) in [5, 5.41) is 0. The molecule has 0 bridgehead atoms. The van der Waals surface area contributed by atoms with E-state index in [2.05, 4.69) is 4.74 Å². The number of esters is 1. The van der Waals surface area contributed by atoms with Gasteiger partial charge in [0.1, 0.15) is 11.9 Å². The molecule has 0 aromatic heterocycles. The summed E-state index contributed by atoms with van der Waals surface area (Å²) in [5.74, 6) is -2.05. The molecule has 0 saturated carbocycles. The van der Waals surface area contributed by atoms with Crippen molar-refractivity contribution in [2.45, 2.75) is 25.7 Å². The van der Waals surface area contributed by atoms with Crippen LogP contribution in [0, 0.1) is 5.82 Å². The molecule has 1 aromatic carbocycles. The zero-order valence-corrected chi connectivity index (χ0v) is 10.5. The summed E-state index contributed by atoms with van der Waals surface area (Å²) in [6.07, 6.45) is -0.510. The van der Waals surface area contributed by atoms with Gasteiger partial charge in [0, 0.05) is 5.56 Å². The molecule has 1 aromatic rings. The van der Waals surface area contributed by atoms with Crippen molar-refractivity contribution < 1.29 is 23.4 Å². The standard InChI is InChI=1S/C13H15FO4/c1-13(2)17-7-10(18-13)8-5-4-6-9(11(8)14)12(15)16-3/h4-6,10H,7H2,1-3H3. The Labute approximate surface area is 105 Å².